The van der Waals surface area contributed by atoms with E-state index in [9.17, 15) is 24.9 Å². The zero-order chi connectivity index (χ0) is 25.8. The van der Waals surface area contributed by atoms with Crippen molar-refractivity contribution in [3.05, 3.63) is 11.1 Å². The summed E-state index contributed by atoms with van der Waals surface area (Å²) in [6.07, 6.45) is 3.48. The van der Waals surface area contributed by atoms with Gasteiger partial charge < -0.3 is 20.1 Å². The summed E-state index contributed by atoms with van der Waals surface area (Å²) in [6, 6.07) is -0.559. The first-order valence-electron chi connectivity index (χ1n) is 13.8. The number of carbonyl (C=O) groups excluding carboxylic acids is 2. The summed E-state index contributed by atoms with van der Waals surface area (Å²) >= 11 is 0. The summed E-state index contributed by atoms with van der Waals surface area (Å²) in [4.78, 5) is 32.0. The van der Waals surface area contributed by atoms with Crippen molar-refractivity contribution in [1.82, 2.24) is 5.48 Å². The molecule has 0 aromatic rings. The number of fused-ring (bicyclic) bond motifs is 5. The Morgan fingerprint density at radius 1 is 1.14 bits per heavy atom. The number of hydrogen-bond donors (Lipinski definition) is 4. The van der Waals surface area contributed by atoms with Gasteiger partial charge in [0.15, 0.2) is 0 Å². The molecule has 0 radical (unpaired) electrons. The fourth-order valence-corrected chi connectivity index (χ4v) is 10.1. The van der Waals surface area contributed by atoms with Gasteiger partial charge in [-0.2, -0.15) is 5.48 Å². The lowest BCUT2D eigenvalue weighted by molar-refractivity contribution is -0.331. The summed E-state index contributed by atoms with van der Waals surface area (Å²) in [7, 11) is 0. The van der Waals surface area contributed by atoms with Crippen LogP contribution in [0.3, 0.4) is 0 Å². The zero-order valence-corrected chi connectivity index (χ0v) is 21.8. The molecule has 2 bridgehead atoms. The van der Waals surface area contributed by atoms with Gasteiger partial charge in [0.2, 0.25) is 0 Å². The first kappa shape index (κ1) is 25.0. The van der Waals surface area contributed by atoms with Crippen LogP contribution in [0.2, 0.25) is 0 Å². The topological polar surface area (TPSA) is 125 Å². The number of rotatable bonds is 3. The van der Waals surface area contributed by atoms with E-state index < -0.39 is 35.2 Å². The molecule has 4 aliphatic carbocycles. The van der Waals surface area contributed by atoms with E-state index in [1.54, 1.807) is 0 Å². The molecule has 36 heavy (non-hydrogen) atoms. The summed E-state index contributed by atoms with van der Waals surface area (Å²) in [5, 5.41) is 32.6. The number of ether oxygens (including phenoxy) is 1. The van der Waals surface area contributed by atoms with Crippen molar-refractivity contribution in [2.75, 3.05) is 6.61 Å². The number of carbonyl (C=O) groups is 2. The van der Waals surface area contributed by atoms with E-state index >= 15 is 0 Å². The van der Waals surface area contributed by atoms with Crippen LogP contribution in [0.4, 0.5) is 0 Å². The molecule has 0 aromatic heterocycles. The Morgan fingerprint density at radius 3 is 2.58 bits per heavy atom. The molecule has 2 aliphatic heterocycles. The van der Waals surface area contributed by atoms with Crippen LogP contribution in [0.15, 0.2) is 11.1 Å². The van der Waals surface area contributed by atoms with Crippen LogP contribution >= 0.6 is 0 Å². The number of hydroxylamine groups is 1. The Bertz CT molecular complexity index is 1010. The standard InChI is InChI=1S/C28H41NO7/c1-13-9-21(35-25(33)16(13)12-30)14(2)17-5-6-18-15-10-23-28(34)24(32)20(29-36-23)11-22(31)27(28,4)19(15)7-8-26(17,18)3/h14-15,17-21,23-24,29-30,32,34H,5-12H2,1-4H3/t14-,15-,17+,18-,19-,20+,21+,23-,24-,26+,27-,28-/m0/s1. The predicted molar refractivity (Wildman–Crippen MR) is 129 cm³/mol. The molecule has 6 aliphatic rings. The van der Waals surface area contributed by atoms with Crippen LogP contribution in [0.1, 0.15) is 72.6 Å². The number of Topliss-reactive ketones (excluding diaryl/α,β-unsaturated/α-hetero) is 1. The van der Waals surface area contributed by atoms with Gasteiger partial charge in [0, 0.05) is 12.8 Å². The summed E-state index contributed by atoms with van der Waals surface area (Å²) in [6.45, 7) is 8.11. The minimum atomic E-state index is -1.57. The quantitative estimate of drug-likeness (QED) is 0.431. The molecule has 0 aromatic carbocycles. The monoisotopic (exact) mass is 503 g/mol. The number of aliphatic hydroxyl groups excluding tert-OH is 2. The van der Waals surface area contributed by atoms with Crippen LogP contribution in [0, 0.1) is 40.4 Å². The van der Waals surface area contributed by atoms with Crippen LogP contribution in [0.5, 0.6) is 0 Å². The second-order valence-electron chi connectivity index (χ2n) is 13.2. The second kappa shape index (κ2) is 8.09. The highest BCUT2D eigenvalue weighted by atomic mass is 16.7. The summed E-state index contributed by atoms with van der Waals surface area (Å²) < 4.78 is 5.84. The number of nitrogens with one attached hydrogen (secondary N) is 1. The highest BCUT2D eigenvalue weighted by molar-refractivity contribution is 5.90. The Labute approximate surface area is 212 Å². The molecular weight excluding hydrogens is 462 g/mol. The van der Waals surface area contributed by atoms with Crippen molar-refractivity contribution in [3.8, 4) is 0 Å². The Balaban J connectivity index is 1.29. The average Bonchev–Trinajstić information content (AvgIpc) is 3.19. The van der Waals surface area contributed by atoms with E-state index in [2.05, 4.69) is 19.3 Å². The van der Waals surface area contributed by atoms with Gasteiger partial charge in [0.25, 0.3) is 0 Å². The first-order valence-corrected chi connectivity index (χ1v) is 13.8. The van der Waals surface area contributed by atoms with Gasteiger partial charge >= 0.3 is 5.97 Å². The molecule has 8 nitrogen and oxygen atoms in total. The minimum absolute atomic E-state index is 0.0143. The lowest BCUT2D eigenvalue weighted by atomic mass is 9.41. The lowest BCUT2D eigenvalue weighted by Crippen LogP contribution is -2.82. The third-order valence-corrected chi connectivity index (χ3v) is 12.1. The number of ketones is 1. The SMILES string of the molecule is CC1=C(CO)C(=O)O[C@@H]([C@@H](C)[C@H]2CC[C@H]3[C@@H]4C[C@@H]5ON[C@@H]6CC(=O)[C@](C)([C@H]4CC[C@]23C)[C@@]5(O)[C@H]6O)C1. The molecule has 8 heteroatoms. The molecule has 0 amide bonds. The van der Waals surface area contributed by atoms with E-state index in [0.717, 1.165) is 31.3 Å². The largest absolute Gasteiger partial charge is 0.458 e. The highest BCUT2D eigenvalue weighted by Crippen LogP contribution is 2.69. The minimum Gasteiger partial charge on any atom is -0.458 e. The van der Waals surface area contributed by atoms with Gasteiger partial charge in [-0.05, 0) is 81.0 Å². The Hall–Kier alpha value is -1.32. The fraction of sp³-hybridized carbons (Fsp3) is 0.857. The van der Waals surface area contributed by atoms with E-state index in [4.69, 9.17) is 9.57 Å². The van der Waals surface area contributed by atoms with Crippen LogP contribution in [0.25, 0.3) is 0 Å². The summed E-state index contributed by atoms with van der Waals surface area (Å²) in [5.41, 5.74) is 1.63. The molecule has 0 unspecified atom stereocenters. The normalized spacial score (nSPS) is 53.0. The molecule has 5 fully saturated rings. The van der Waals surface area contributed by atoms with Crippen molar-refractivity contribution in [1.29, 1.82) is 0 Å². The highest BCUT2D eigenvalue weighted by Gasteiger charge is 2.75. The zero-order valence-electron chi connectivity index (χ0n) is 21.8. The molecule has 12 atom stereocenters. The van der Waals surface area contributed by atoms with Crippen molar-refractivity contribution >= 4 is 11.8 Å². The lowest BCUT2D eigenvalue weighted by Gasteiger charge is -2.67. The number of cyclic esters (lactones) is 1. The molecule has 2 heterocycles. The molecule has 0 spiro atoms. The maximum Gasteiger partial charge on any atom is 0.336 e. The Kier molecular flexibility index (Phi) is 5.61. The van der Waals surface area contributed by atoms with Crippen LogP contribution < -0.4 is 5.48 Å². The maximum absolute atomic E-state index is 13.6. The average molecular weight is 504 g/mol. The van der Waals surface area contributed by atoms with Crippen molar-refractivity contribution in [2.24, 2.45) is 40.4 Å². The fourth-order valence-electron chi connectivity index (χ4n) is 10.1. The number of esters is 1. The van der Waals surface area contributed by atoms with E-state index in [1.807, 2.05) is 13.8 Å². The van der Waals surface area contributed by atoms with Gasteiger partial charge in [-0.1, -0.05) is 19.4 Å². The van der Waals surface area contributed by atoms with E-state index in [0.29, 0.717) is 30.3 Å². The second-order valence-corrected chi connectivity index (χ2v) is 13.2. The third kappa shape index (κ3) is 2.94. The van der Waals surface area contributed by atoms with Crippen molar-refractivity contribution in [2.45, 2.75) is 103 Å². The number of hydrogen-bond acceptors (Lipinski definition) is 8. The molecule has 4 saturated carbocycles. The third-order valence-electron chi connectivity index (χ3n) is 12.1. The van der Waals surface area contributed by atoms with Crippen LogP contribution in [-0.4, -0.2) is 63.6 Å². The maximum atomic E-state index is 13.6. The summed E-state index contributed by atoms with van der Waals surface area (Å²) in [5.74, 6) is 0.816. The van der Waals surface area contributed by atoms with Gasteiger partial charge in [0.05, 0.1) is 23.6 Å². The molecule has 4 N–H and O–H groups in total. The smallest absolute Gasteiger partial charge is 0.336 e. The van der Waals surface area contributed by atoms with E-state index in [1.165, 1.54) is 0 Å². The van der Waals surface area contributed by atoms with E-state index in [-0.39, 0.29) is 48.1 Å². The molecular formula is C28H41NO7. The molecule has 6 rings (SSSR count). The van der Waals surface area contributed by atoms with Gasteiger partial charge in [0.1, 0.15) is 29.7 Å². The van der Waals surface area contributed by atoms with Gasteiger partial charge in [-0.25, -0.2) is 4.79 Å². The molecule has 200 valence electrons. The van der Waals surface area contributed by atoms with Crippen LogP contribution in [-0.2, 0) is 19.2 Å². The van der Waals surface area contributed by atoms with Gasteiger partial charge in [-0.3, -0.25) is 9.63 Å². The molecule has 1 saturated heterocycles. The number of aliphatic hydroxyl groups is 3. The first-order chi connectivity index (χ1) is 17.0. The Morgan fingerprint density at radius 2 is 1.89 bits per heavy atom. The predicted octanol–water partition coefficient (Wildman–Crippen LogP) is 2.05. The van der Waals surface area contributed by atoms with Crippen molar-refractivity contribution in [3.63, 3.8) is 0 Å². The van der Waals surface area contributed by atoms with Crippen molar-refractivity contribution < 1.29 is 34.5 Å². The van der Waals surface area contributed by atoms with Gasteiger partial charge in [-0.15, -0.1) is 0 Å².